The maximum Gasteiger partial charge on any atom is 0.391 e. The first kappa shape index (κ1) is 12.7. The Morgan fingerprint density at radius 1 is 1.38 bits per heavy atom. The van der Waals surface area contributed by atoms with Crippen LogP contribution in [0.4, 0.5) is 13.2 Å². The van der Waals surface area contributed by atoms with Crippen molar-refractivity contribution in [1.29, 1.82) is 0 Å². The summed E-state index contributed by atoms with van der Waals surface area (Å²) in [6, 6.07) is 0. The fourth-order valence-corrected chi connectivity index (χ4v) is 0.880. The summed E-state index contributed by atoms with van der Waals surface area (Å²) in [5, 5.41) is 2.92. The lowest BCUT2D eigenvalue weighted by Gasteiger charge is -2.11. The standard InChI is InChI=1S/C8H16F3NO/c1-7(5-12-2)6-13-4-3-8(9,10)11/h7,12H,3-6H2,1-2H3. The van der Waals surface area contributed by atoms with E-state index in [0.717, 1.165) is 6.54 Å². The SMILES string of the molecule is CNCC(C)COCCC(F)(F)F. The molecule has 0 radical (unpaired) electrons. The van der Waals surface area contributed by atoms with Crippen LogP contribution in [0.15, 0.2) is 0 Å². The highest BCUT2D eigenvalue weighted by Gasteiger charge is 2.26. The van der Waals surface area contributed by atoms with Crippen molar-refractivity contribution in [3.05, 3.63) is 0 Å². The zero-order valence-corrected chi connectivity index (χ0v) is 7.95. The molecule has 0 bridgehead atoms. The van der Waals surface area contributed by atoms with Gasteiger partial charge in [-0.2, -0.15) is 13.2 Å². The maximum atomic E-state index is 11.6. The third-order valence-electron chi connectivity index (χ3n) is 1.48. The molecule has 0 aliphatic carbocycles. The maximum absolute atomic E-state index is 11.6. The minimum atomic E-state index is -4.10. The predicted octanol–water partition coefficient (Wildman–Crippen LogP) is 1.81. The molecule has 1 N–H and O–H groups in total. The summed E-state index contributed by atoms with van der Waals surface area (Å²) in [5.41, 5.74) is 0. The van der Waals surface area contributed by atoms with E-state index < -0.39 is 12.6 Å². The van der Waals surface area contributed by atoms with Crippen molar-refractivity contribution in [3.63, 3.8) is 0 Å². The van der Waals surface area contributed by atoms with Crippen LogP contribution in [-0.4, -0.2) is 33.0 Å². The van der Waals surface area contributed by atoms with E-state index in [0.29, 0.717) is 6.61 Å². The predicted molar refractivity (Wildman–Crippen MR) is 44.6 cm³/mol. The lowest BCUT2D eigenvalue weighted by Crippen LogP contribution is -2.21. The van der Waals surface area contributed by atoms with Crippen molar-refractivity contribution in [2.24, 2.45) is 5.92 Å². The number of hydrogen-bond donors (Lipinski definition) is 1. The molecule has 13 heavy (non-hydrogen) atoms. The normalized spacial score (nSPS) is 14.5. The summed E-state index contributed by atoms with van der Waals surface area (Å²) in [6.07, 6.45) is -4.97. The zero-order chi connectivity index (χ0) is 10.3. The van der Waals surface area contributed by atoms with E-state index in [1.807, 2.05) is 6.92 Å². The number of hydrogen-bond acceptors (Lipinski definition) is 2. The largest absolute Gasteiger partial charge is 0.391 e. The number of rotatable bonds is 6. The van der Waals surface area contributed by atoms with Crippen molar-refractivity contribution in [2.75, 3.05) is 26.8 Å². The van der Waals surface area contributed by atoms with Gasteiger partial charge >= 0.3 is 6.18 Å². The van der Waals surface area contributed by atoms with Crippen molar-refractivity contribution in [2.45, 2.75) is 19.5 Å². The minimum Gasteiger partial charge on any atom is -0.381 e. The van der Waals surface area contributed by atoms with E-state index in [2.05, 4.69) is 5.32 Å². The van der Waals surface area contributed by atoms with Gasteiger partial charge in [-0.1, -0.05) is 6.92 Å². The molecule has 0 amide bonds. The lowest BCUT2D eigenvalue weighted by atomic mass is 10.2. The molecule has 1 unspecified atom stereocenters. The van der Waals surface area contributed by atoms with Gasteiger partial charge in [-0.05, 0) is 19.5 Å². The van der Waals surface area contributed by atoms with Gasteiger partial charge in [0.2, 0.25) is 0 Å². The first-order chi connectivity index (χ1) is 5.95. The quantitative estimate of drug-likeness (QED) is 0.659. The highest BCUT2D eigenvalue weighted by Crippen LogP contribution is 2.18. The Morgan fingerprint density at radius 3 is 2.46 bits per heavy atom. The van der Waals surface area contributed by atoms with Crippen LogP contribution in [0.25, 0.3) is 0 Å². The molecular weight excluding hydrogens is 183 g/mol. The average Bonchev–Trinajstić information content (AvgIpc) is 1.97. The smallest absolute Gasteiger partial charge is 0.381 e. The van der Waals surface area contributed by atoms with Gasteiger partial charge < -0.3 is 10.1 Å². The summed E-state index contributed by atoms with van der Waals surface area (Å²) >= 11 is 0. The second kappa shape index (κ2) is 6.21. The van der Waals surface area contributed by atoms with Crippen LogP contribution in [0, 0.1) is 5.92 Å². The number of halogens is 3. The van der Waals surface area contributed by atoms with Crippen LogP contribution in [-0.2, 0) is 4.74 Å². The highest BCUT2D eigenvalue weighted by atomic mass is 19.4. The van der Waals surface area contributed by atoms with E-state index in [1.165, 1.54) is 0 Å². The van der Waals surface area contributed by atoms with Gasteiger partial charge in [0.25, 0.3) is 0 Å². The van der Waals surface area contributed by atoms with Crippen LogP contribution in [0.5, 0.6) is 0 Å². The van der Waals surface area contributed by atoms with E-state index >= 15 is 0 Å². The van der Waals surface area contributed by atoms with E-state index in [1.54, 1.807) is 7.05 Å². The Bertz CT molecular complexity index is 127. The van der Waals surface area contributed by atoms with Crippen LogP contribution in [0.3, 0.4) is 0 Å². The van der Waals surface area contributed by atoms with Gasteiger partial charge in [-0.3, -0.25) is 0 Å². The number of nitrogens with one attached hydrogen (secondary N) is 1. The molecule has 5 heteroatoms. The van der Waals surface area contributed by atoms with Gasteiger partial charge in [0.15, 0.2) is 0 Å². The molecule has 0 aliphatic heterocycles. The van der Waals surface area contributed by atoms with Gasteiger partial charge in [-0.25, -0.2) is 0 Å². The third-order valence-corrected chi connectivity index (χ3v) is 1.48. The fraction of sp³-hybridized carbons (Fsp3) is 1.00. The fourth-order valence-electron chi connectivity index (χ4n) is 0.880. The molecule has 80 valence electrons. The van der Waals surface area contributed by atoms with Crippen LogP contribution in [0.1, 0.15) is 13.3 Å². The van der Waals surface area contributed by atoms with E-state index in [9.17, 15) is 13.2 Å². The van der Waals surface area contributed by atoms with E-state index in [-0.39, 0.29) is 12.5 Å². The van der Waals surface area contributed by atoms with Crippen LogP contribution in [0.2, 0.25) is 0 Å². The van der Waals surface area contributed by atoms with Gasteiger partial charge in [0.05, 0.1) is 19.6 Å². The Kier molecular flexibility index (Phi) is 6.07. The summed E-state index contributed by atoms with van der Waals surface area (Å²) in [6.45, 7) is 2.81. The molecule has 0 aromatic carbocycles. The number of ether oxygens (including phenoxy) is 1. The highest BCUT2D eigenvalue weighted by molar-refractivity contribution is 4.54. The van der Waals surface area contributed by atoms with Crippen molar-refractivity contribution in [1.82, 2.24) is 5.32 Å². The van der Waals surface area contributed by atoms with Gasteiger partial charge in [-0.15, -0.1) is 0 Å². The van der Waals surface area contributed by atoms with Crippen molar-refractivity contribution in [3.8, 4) is 0 Å². The average molecular weight is 199 g/mol. The van der Waals surface area contributed by atoms with E-state index in [4.69, 9.17) is 4.74 Å². The molecule has 0 saturated carbocycles. The van der Waals surface area contributed by atoms with Crippen molar-refractivity contribution < 1.29 is 17.9 Å². The molecule has 0 heterocycles. The second-order valence-electron chi connectivity index (χ2n) is 3.10. The monoisotopic (exact) mass is 199 g/mol. The molecule has 1 atom stereocenters. The summed E-state index contributed by atoms with van der Waals surface area (Å²) in [7, 11) is 1.80. The second-order valence-corrected chi connectivity index (χ2v) is 3.10. The molecule has 0 rings (SSSR count). The van der Waals surface area contributed by atoms with Crippen LogP contribution >= 0.6 is 0 Å². The molecule has 2 nitrogen and oxygen atoms in total. The summed E-state index contributed by atoms with van der Waals surface area (Å²) in [5.74, 6) is 0.248. The first-order valence-electron chi connectivity index (χ1n) is 4.25. The Hall–Kier alpha value is -0.290. The zero-order valence-electron chi connectivity index (χ0n) is 7.95. The minimum absolute atomic E-state index is 0.239. The lowest BCUT2D eigenvalue weighted by molar-refractivity contribution is -0.145. The van der Waals surface area contributed by atoms with Gasteiger partial charge in [0, 0.05) is 0 Å². The first-order valence-corrected chi connectivity index (χ1v) is 4.25. The summed E-state index contributed by atoms with van der Waals surface area (Å²) in [4.78, 5) is 0. The molecule has 0 fully saturated rings. The van der Waals surface area contributed by atoms with Crippen LogP contribution < -0.4 is 5.32 Å². The molecule has 0 aromatic rings. The molecule has 0 saturated heterocycles. The Labute approximate surface area is 76.5 Å². The molecular formula is C8H16F3NO. The topological polar surface area (TPSA) is 21.3 Å². The third kappa shape index (κ3) is 9.63. The Morgan fingerprint density at radius 2 is 2.00 bits per heavy atom. The van der Waals surface area contributed by atoms with Gasteiger partial charge in [0.1, 0.15) is 0 Å². The Balaban J connectivity index is 3.25. The molecule has 0 aliphatic rings. The van der Waals surface area contributed by atoms with Crippen molar-refractivity contribution >= 4 is 0 Å². The summed E-state index contributed by atoms with van der Waals surface area (Å²) < 4.78 is 39.8. The molecule has 0 spiro atoms. The molecule has 0 aromatic heterocycles. The number of alkyl halides is 3.